The summed E-state index contributed by atoms with van der Waals surface area (Å²) in [5, 5.41) is 0.437. The van der Waals surface area contributed by atoms with Gasteiger partial charge in [0.25, 0.3) is 15.9 Å². The Hall–Kier alpha value is -4.01. The summed E-state index contributed by atoms with van der Waals surface area (Å²) >= 11 is 6.26. The number of anilines is 1. The highest BCUT2D eigenvalue weighted by Gasteiger charge is 2.27. The van der Waals surface area contributed by atoms with E-state index in [0.717, 1.165) is 16.7 Å². The third-order valence-corrected chi connectivity index (χ3v) is 8.52. The maximum absolute atomic E-state index is 13.7. The molecule has 208 valence electrons. The fourth-order valence-electron chi connectivity index (χ4n) is 4.33. The molecule has 0 aromatic heterocycles. The van der Waals surface area contributed by atoms with Crippen LogP contribution < -0.4 is 13.8 Å². The second-order valence-corrected chi connectivity index (χ2v) is 11.6. The highest BCUT2D eigenvalue weighted by atomic mass is 35.5. The van der Waals surface area contributed by atoms with Crippen LogP contribution in [-0.2, 0) is 23.1 Å². The van der Waals surface area contributed by atoms with Crippen molar-refractivity contribution in [3.8, 4) is 11.5 Å². The maximum atomic E-state index is 13.7. The standard InChI is InChI=1S/C31H31ClN2O5S/c1-22-10-16-26(32)19-28(22)34(40(36,37)27-8-6-5-7-9-27)21-23-11-14-25(15-12-23)31(35)33(2)20-24-13-17-29(38-3)30(18-24)39-4/h5-19H,20-21H2,1-4H3. The Bertz CT molecular complexity index is 1590. The molecule has 4 rings (SSSR count). The number of carbonyl (C=O) groups is 1. The Morgan fingerprint density at radius 3 is 2.10 bits per heavy atom. The predicted octanol–water partition coefficient (Wildman–Crippen LogP) is 6.33. The van der Waals surface area contributed by atoms with Gasteiger partial charge in [0, 0.05) is 24.2 Å². The molecule has 4 aromatic rings. The molecule has 1 amide bonds. The van der Waals surface area contributed by atoms with Gasteiger partial charge < -0.3 is 14.4 Å². The second-order valence-electron chi connectivity index (χ2n) is 9.30. The third-order valence-electron chi connectivity index (χ3n) is 6.51. The topological polar surface area (TPSA) is 76.2 Å². The van der Waals surface area contributed by atoms with Crippen molar-refractivity contribution < 1.29 is 22.7 Å². The molecule has 0 aliphatic heterocycles. The summed E-state index contributed by atoms with van der Waals surface area (Å²) < 4.78 is 39.5. The van der Waals surface area contributed by atoms with Crippen LogP contribution in [0.25, 0.3) is 0 Å². The van der Waals surface area contributed by atoms with Gasteiger partial charge in [-0.05, 0) is 72.1 Å². The summed E-state index contributed by atoms with van der Waals surface area (Å²) in [5.41, 5.74) is 3.36. The van der Waals surface area contributed by atoms with E-state index in [-0.39, 0.29) is 17.3 Å². The van der Waals surface area contributed by atoms with Gasteiger partial charge in [0.2, 0.25) is 0 Å². The normalized spacial score (nSPS) is 11.1. The van der Waals surface area contributed by atoms with Crippen molar-refractivity contribution >= 4 is 33.2 Å². The van der Waals surface area contributed by atoms with Gasteiger partial charge in [-0.15, -0.1) is 0 Å². The lowest BCUT2D eigenvalue weighted by Crippen LogP contribution is -2.31. The SMILES string of the molecule is COc1ccc(CN(C)C(=O)c2ccc(CN(c3cc(Cl)ccc3C)S(=O)(=O)c3ccccc3)cc2)cc1OC. The lowest BCUT2D eigenvalue weighted by Gasteiger charge is -2.26. The maximum Gasteiger partial charge on any atom is 0.264 e. The molecule has 0 heterocycles. The van der Waals surface area contributed by atoms with E-state index in [9.17, 15) is 13.2 Å². The van der Waals surface area contributed by atoms with Gasteiger partial charge >= 0.3 is 0 Å². The van der Waals surface area contributed by atoms with E-state index in [0.29, 0.717) is 34.3 Å². The Kier molecular flexibility index (Phi) is 9.02. The molecule has 0 unspecified atom stereocenters. The summed E-state index contributed by atoms with van der Waals surface area (Å²) in [6.45, 7) is 2.28. The number of aryl methyl sites for hydroxylation is 1. The van der Waals surface area contributed by atoms with Crippen LogP contribution in [-0.4, -0.2) is 40.5 Å². The zero-order valence-corrected chi connectivity index (χ0v) is 24.4. The van der Waals surface area contributed by atoms with Gasteiger partial charge in [-0.1, -0.05) is 54.1 Å². The average molecular weight is 579 g/mol. The number of rotatable bonds is 10. The molecule has 0 fully saturated rings. The number of amides is 1. The minimum Gasteiger partial charge on any atom is -0.493 e. The van der Waals surface area contributed by atoms with E-state index >= 15 is 0 Å². The summed E-state index contributed by atoms with van der Waals surface area (Å²) in [5.74, 6) is 1.04. The molecule has 9 heteroatoms. The first-order valence-corrected chi connectivity index (χ1v) is 14.3. The molecular formula is C31H31ClN2O5S. The molecule has 0 bridgehead atoms. The van der Waals surface area contributed by atoms with E-state index in [1.165, 1.54) is 4.31 Å². The molecule has 0 saturated heterocycles. The van der Waals surface area contributed by atoms with Crippen molar-refractivity contribution in [2.24, 2.45) is 0 Å². The quantitative estimate of drug-likeness (QED) is 0.220. The Morgan fingerprint density at radius 1 is 0.800 bits per heavy atom. The number of ether oxygens (including phenoxy) is 2. The van der Waals surface area contributed by atoms with Gasteiger partial charge in [-0.25, -0.2) is 8.42 Å². The summed E-state index contributed by atoms with van der Waals surface area (Å²) in [4.78, 5) is 14.9. The van der Waals surface area contributed by atoms with Crippen LogP contribution in [0.2, 0.25) is 5.02 Å². The monoisotopic (exact) mass is 578 g/mol. The van der Waals surface area contributed by atoms with Gasteiger partial charge in [-0.2, -0.15) is 0 Å². The number of hydrogen-bond donors (Lipinski definition) is 0. The largest absolute Gasteiger partial charge is 0.493 e. The lowest BCUT2D eigenvalue weighted by molar-refractivity contribution is 0.0785. The summed E-state index contributed by atoms with van der Waals surface area (Å²) in [6.07, 6.45) is 0. The zero-order valence-electron chi connectivity index (χ0n) is 22.8. The molecular weight excluding hydrogens is 548 g/mol. The van der Waals surface area contributed by atoms with Crippen molar-refractivity contribution in [1.29, 1.82) is 0 Å². The van der Waals surface area contributed by atoms with Crippen molar-refractivity contribution in [2.45, 2.75) is 24.9 Å². The van der Waals surface area contributed by atoms with Gasteiger partial charge in [-0.3, -0.25) is 9.10 Å². The van der Waals surface area contributed by atoms with Crippen molar-refractivity contribution in [3.05, 3.63) is 118 Å². The van der Waals surface area contributed by atoms with Crippen LogP contribution in [0.1, 0.15) is 27.0 Å². The van der Waals surface area contributed by atoms with E-state index in [1.54, 1.807) is 105 Å². The first kappa shape index (κ1) is 29.0. The van der Waals surface area contributed by atoms with E-state index < -0.39 is 10.0 Å². The molecule has 0 aliphatic carbocycles. The van der Waals surface area contributed by atoms with Crippen molar-refractivity contribution in [3.63, 3.8) is 0 Å². The number of halogens is 1. The molecule has 7 nitrogen and oxygen atoms in total. The number of nitrogens with zero attached hydrogens (tertiary/aromatic N) is 2. The van der Waals surface area contributed by atoms with E-state index in [4.69, 9.17) is 21.1 Å². The molecule has 4 aromatic carbocycles. The van der Waals surface area contributed by atoms with Crippen LogP contribution in [0.5, 0.6) is 11.5 Å². The fourth-order valence-corrected chi connectivity index (χ4v) is 6.03. The van der Waals surface area contributed by atoms with Gasteiger partial charge in [0.15, 0.2) is 11.5 Å². The number of methoxy groups -OCH3 is 2. The van der Waals surface area contributed by atoms with Crippen LogP contribution in [0.4, 0.5) is 5.69 Å². The average Bonchev–Trinajstić information content (AvgIpc) is 2.97. The van der Waals surface area contributed by atoms with Gasteiger partial charge in [0.1, 0.15) is 0 Å². The highest BCUT2D eigenvalue weighted by molar-refractivity contribution is 7.92. The van der Waals surface area contributed by atoms with Crippen LogP contribution >= 0.6 is 11.6 Å². The van der Waals surface area contributed by atoms with E-state index in [2.05, 4.69) is 0 Å². The number of benzene rings is 4. The minimum atomic E-state index is -3.90. The Morgan fingerprint density at radius 2 is 1.45 bits per heavy atom. The molecule has 0 aliphatic rings. The highest BCUT2D eigenvalue weighted by Crippen LogP contribution is 2.31. The number of carbonyl (C=O) groups excluding carboxylic acids is 1. The van der Waals surface area contributed by atoms with Crippen LogP contribution in [0.3, 0.4) is 0 Å². The van der Waals surface area contributed by atoms with Crippen LogP contribution in [0, 0.1) is 6.92 Å². The van der Waals surface area contributed by atoms with Crippen molar-refractivity contribution in [2.75, 3.05) is 25.6 Å². The smallest absolute Gasteiger partial charge is 0.264 e. The number of sulfonamides is 1. The molecule has 0 atom stereocenters. The fraction of sp³-hybridized carbons (Fsp3) is 0.194. The Labute approximate surface area is 240 Å². The number of hydrogen-bond acceptors (Lipinski definition) is 5. The first-order chi connectivity index (χ1) is 19.1. The van der Waals surface area contributed by atoms with Crippen molar-refractivity contribution in [1.82, 2.24) is 4.90 Å². The zero-order chi connectivity index (χ0) is 28.9. The second kappa shape index (κ2) is 12.4. The molecule has 0 N–H and O–H groups in total. The molecule has 0 saturated carbocycles. The molecule has 40 heavy (non-hydrogen) atoms. The Balaban J connectivity index is 1.57. The third kappa shape index (κ3) is 6.41. The summed E-state index contributed by atoms with van der Waals surface area (Å²) in [7, 11) is 0.969. The van der Waals surface area contributed by atoms with Gasteiger partial charge in [0.05, 0.1) is 31.3 Å². The molecule has 0 radical (unpaired) electrons. The molecule has 0 spiro atoms. The minimum absolute atomic E-state index is 0.0639. The lowest BCUT2D eigenvalue weighted by atomic mass is 10.1. The van der Waals surface area contributed by atoms with E-state index in [1.807, 2.05) is 19.1 Å². The summed E-state index contributed by atoms with van der Waals surface area (Å²) in [6, 6.07) is 25.9. The first-order valence-electron chi connectivity index (χ1n) is 12.5. The van der Waals surface area contributed by atoms with Crippen LogP contribution in [0.15, 0.2) is 95.9 Å². The predicted molar refractivity (Wildman–Crippen MR) is 158 cm³/mol.